The monoisotopic (exact) mass is 263 g/mol. The molecule has 4 heteroatoms. The molecule has 1 N–H and O–H groups in total. The molecule has 0 aliphatic rings. The number of hydrogen-bond donors (Lipinski definition) is 1. The SMILES string of the molecule is CC(C)NCCSSCCCC(=O)C(C)C. The van der Waals surface area contributed by atoms with Crippen LogP contribution in [0.15, 0.2) is 0 Å². The van der Waals surface area contributed by atoms with E-state index < -0.39 is 0 Å². The maximum absolute atomic E-state index is 11.3. The smallest absolute Gasteiger partial charge is 0.135 e. The van der Waals surface area contributed by atoms with Gasteiger partial charge in [-0.15, -0.1) is 0 Å². The van der Waals surface area contributed by atoms with Crippen molar-refractivity contribution in [3.05, 3.63) is 0 Å². The van der Waals surface area contributed by atoms with E-state index in [0.717, 1.165) is 30.9 Å². The Kier molecular flexibility index (Phi) is 10.7. The molecule has 0 saturated heterocycles. The number of Topliss-reactive ketones (excluding diaryl/α,β-unsaturated/α-hetero) is 1. The highest BCUT2D eigenvalue weighted by Gasteiger charge is 2.05. The molecule has 0 fully saturated rings. The molecule has 0 heterocycles. The lowest BCUT2D eigenvalue weighted by molar-refractivity contribution is -0.121. The summed E-state index contributed by atoms with van der Waals surface area (Å²) in [6.45, 7) is 9.34. The van der Waals surface area contributed by atoms with Crippen molar-refractivity contribution in [3.8, 4) is 0 Å². The summed E-state index contributed by atoms with van der Waals surface area (Å²) in [4.78, 5) is 11.3. The van der Waals surface area contributed by atoms with E-state index in [9.17, 15) is 4.79 Å². The van der Waals surface area contributed by atoms with Gasteiger partial charge >= 0.3 is 0 Å². The summed E-state index contributed by atoms with van der Waals surface area (Å²) in [5, 5.41) is 3.38. The summed E-state index contributed by atoms with van der Waals surface area (Å²) < 4.78 is 0. The molecule has 0 unspecified atom stereocenters. The van der Waals surface area contributed by atoms with Crippen LogP contribution < -0.4 is 5.32 Å². The van der Waals surface area contributed by atoms with Gasteiger partial charge in [-0.2, -0.15) is 0 Å². The van der Waals surface area contributed by atoms with Gasteiger partial charge in [-0.05, 0) is 6.42 Å². The Hall–Kier alpha value is 0.330. The van der Waals surface area contributed by atoms with Crippen molar-refractivity contribution in [1.29, 1.82) is 0 Å². The lowest BCUT2D eigenvalue weighted by Gasteiger charge is -2.07. The van der Waals surface area contributed by atoms with Gasteiger partial charge in [-0.1, -0.05) is 49.3 Å². The molecule has 2 nitrogen and oxygen atoms in total. The van der Waals surface area contributed by atoms with E-state index in [2.05, 4.69) is 19.2 Å². The van der Waals surface area contributed by atoms with Crippen molar-refractivity contribution in [2.24, 2.45) is 5.92 Å². The molecule has 0 spiro atoms. The summed E-state index contributed by atoms with van der Waals surface area (Å²) in [5.74, 6) is 2.83. The van der Waals surface area contributed by atoms with Crippen LogP contribution in [-0.2, 0) is 4.79 Å². The van der Waals surface area contributed by atoms with Crippen molar-refractivity contribution < 1.29 is 4.79 Å². The van der Waals surface area contributed by atoms with Crippen LogP contribution in [0.5, 0.6) is 0 Å². The molecule has 96 valence electrons. The van der Waals surface area contributed by atoms with E-state index in [0.29, 0.717) is 11.8 Å². The van der Waals surface area contributed by atoms with Crippen LogP contribution in [0, 0.1) is 5.92 Å². The summed E-state index contributed by atoms with van der Waals surface area (Å²) in [7, 11) is 3.78. The zero-order valence-electron chi connectivity index (χ0n) is 10.9. The fourth-order valence-electron chi connectivity index (χ4n) is 1.10. The van der Waals surface area contributed by atoms with Crippen molar-refractivity contribution >= 4 is 27.4 Å². The first-order chi connectivity index (χ1) is 7.54. The summed E-state index contributed by atoms with van der Waals surface area (Å²) in [5.41, 5.74) is 0. The van der Waals surface area contributed by atoms with E-state index >= 15 is 0 Å². The Balaban J connectivity index is 3.13. The Morgan fingerprint density at radius 2 is 1.75 bits per heavy atom. The highest BCUT2D eigenvalue weighted by molar-refractivity contribution is 8.76. The van der Waals surface area contributed by atoms with Crippen LogP contribution in [0.1, 0.15) is 40.5 Å². The van der Waals surface area contributed by atoms with Crippen LogP contribution in [0.25, 0.3) is 0 Å². The molecule has 0 amide bonds. The zero-order valence-corrected chi connectivity index (χ0v) is 12.5. The highest BCUT2D eigenvalue weighted by Crippen LogP contribution is 2.22. The third-order valence-corrected chi connectivity index (χ3v) is 4.61. The topological polar surface area (TPSA) is 29.1 Å². The standard InChI is InChI=1S/C12H25NOS2/c1-10(2)12(14)6-5-8-15-16-9-7-13-11(3)4/h10-11,13H,5-9H2,1-4H3. The van der Waals surface area contributed by atoms with Gasteiger partial charge in [-0.25, -0.2) is 0 Å². The third kappa shape index (κ3) is 10.8. The van der Waals surface area contributed by atoms with E-state index in [1.165, 1.54) is 0 Å². The Morgan fingerprint density at radius 1 is 1.12 bits per heavy atom. The summed E-state index contributed by atoms with van der Waals surface area (Å²) >= 11 is 0. The maximum Gasteiger partial charge on any atom is 0.135 e. The Morgan fingerprint density at radius 3 is 2.31 bits per heavy atom. The molecule has 0 aromatic heterocycles. The minimum atomic E-state index is 0.202. The number of ketones is 1. The van der Waals surface area contributed by atoms with Crippen LogP contribution in [-0.4, -0.2) is 29.9 Å². The van der Waals surface area contributed by atoms with Gasteiger partial charge in [0.05, 0.1) is 0 Å². The zero-order chi connectivity index (χ0) is 12.4. The molecule has 0 radical (unpaired) electrons. The molecule has 0 rings (SSSR count). The first kappa shape index (κ1) is 16.3. The van der Waals surface area contributed by atoms with Gasteiger partial charge in [0.1, 0.15) is 5.78 Å². The lowest BCUT2D eigenvalue weighted by Crippen LogP contribution is -2.24. The quantitative estimate of drug-likeness (QED) is 0.483. The van der Waals surface area contributed by atoms with Gasteiger partial charge in [0.25, 0.3) is 0 Å². The maximum atomic E-state index is 11.3. The van der Waals surface area contributed by atoms with Crippen LogP contribution in [0.4, 0.5) is 0 Å². The largest absolute Gasteiger partial charge is 0.314 e. The minimum absolute atomic E-state index is 0.202. The van der Waals surface area contributed by atoms with Gasteiger partial charge < -0.3 is 5.32 Å². The highest BCUT2D eigenvalue weighted by atomic mass is 33.1. The first-order valence-electron chi connectivity index (χ1n) is 6.04. The van der Waals surface area contributed by atoms with Crippen LogP contribution in [0.2, 0.25) is 0 Å². The van der Waals surface area contributed by atoms with E-state index in [4.69, 9.17) is 0 Å². The van der Waals surface area contributed by atoms with Crippen LogP contribution >= 0.6 is 21.6 Å². The summed E-state index contributed by atoms with van der Waals surface area (Å²) in [6, 6.07) is 0.578. The fourth-order valence-corrected chi connectivity index (χ4v) is 3.11. The third-order valence-electron chi connectivity index (χ3n) is 2.12. The predicted molar refractivity (Wildman–Crippen MR) is 77.1 cm³/mol. The normalized spacial score (nSPS) is 11.4. The van der Waals surface area contributed by atoms with Crippen molar-refractivity contribution in [1.82, 2.24) is 5.32 Å². The van der Waals surface area contributed by atoms with Crippen molar-refractivity contribution in [2.45, 2.75) is 46.6 Å². The Labute approximate surface area is 108 Å². The first-order valence-corrected chi connectivity index (χ1v) is 8.53. The molecule has 0 aromatic carbocycles. The van der Waals surface area contributed by atoms with Crippen LogP contribution in [0.3, 0.4) is 0 Å². The molecular weight excluding hydrogens is 238 g/mol. The number of rotatable bonds is 10. The lowest BCUT2D eigenvalue weighted by atomic mass is 10.1. The van der Waals surface area contributed by atoms with Gasteiger partial charge in [-0.3, -0.25) is 4.79 Å². The number of hydrogen-bond acceptors (Lipinski definition) is 4. The molecule has 0 bridgehead atoms. The average Bonchev–Trinajstić information content (AvgIpc) is 2.21. The molecule has 0 aromatic rings. The van der Waals surface area contributed by atoms with Gasteiger partial charge in [0, 0.05) is 36.4 Å². The molecular formula is C12H25NOS2. The Bertz CT molecular complexity index is 184. The molecule has 0 aliphatic heterocycles. The second-order valence-electron chi connectivity index (χ2n) is 4.48. The average molecular weight is 263 g/mol. The number of nitrogens with one attached hydrogen (secondary N) is 1. The van der Waals surface area contributed by atoms with Gasteiger partial charge in [0.15, 0.2) is 0 Å². The van der Waals surface area contributed by atoms with Gasteiger partial charge in [0.2, 0.25) is 0 Å². The molecule has 0 aliphatic carbocycles. The predicted octanol–water partition coefficient (Wildman–Crippen LogP) is 3.37. The summed E-state index contributed by atoms with van der Waals surface area (Å²) in [6.07, 6.45) is 1.77. The number of carbonyl (C=O) groups excluding carboxylic acids is 1. The fraction of sp³-hybridized carbons (Fsp3) is 0.917. The molecule has 0 saturated carbocycles. The number of carbonyl (C=O) groups is 1. The molecule has 0 atom stereocenters. The van der Waals surface area contributed by atoms with E-state index in [1.54, 1.807) is 0 Å². The van der Waals surface area contributed by atoms with Crippen molar-refractivity contribution in [3.63, 3.8) is 0 Å². The van der Waals surface area contributed by atoms with Crippen molar-refractivity contribution in [2.75, 3.05) is 18.1 Å². The molecule has 16 heavy (non-hydrogen) atoms. The minimum Gasteiger partial charge on any atom is -0.314 e. The van der Waals surface area contributed by atoms with E-state index in [-0.39, 0.29) is 5.92 Å². The van der Waals surface area contributed by atoms with E-state index in [1.807, 2.05) is 35.4 Å². The second kappa shape index (κ2) is 10.5. The second-order valence-corrected chi connectivity index (χ2v) is 7.18.